The lowest BCUT2D eigenvalue weighted by molar-refractivity contribution is -0.113. The standard InChI is InChI=1S/C23H23N5O4S/c1-13-5-6-14(2)16(9-13)24-21(29)12-33-23-26-25-22(30)18-11-17(27-28(18)23)15-7-8-19(31-3)20(10-15)32-4/h5-11H,12H2,1-4H3,(H,24,29)(H,25,30). The molecule has 0 saturated carbocycles. The average Bonchev–Trinajstić information content (AvgIpc) is 3.27. The van der Waals surface area contributed by atoms with Crippen LogP contribution in [0.5, 0.6) is 11.5 Å². The Morgan fingerprint density at radius 2 is 1.88 bits per heavy atom. The minimum Gasteiger partial charge on any atom is -0.493 e. The van der Waals surface area contributed by atoms with Crippen LogP contribution < -0.4 is 20.3 Å². The van der Waals surface area contributed by atoms with Crippen LogP contribution in [0, 0.1) is 13.8 Å². The Balaban J connectivity index is 1.58. The highest BCUT2D eigenvalue weighted by atomic mass is 32.2. The van der Waals surface area contributed by atoms with Gasteiger partial charge in [0.2, 0.25) is 11.1 Å². The quantitative estimate of drug-likeness (QED) is 0.402. The number of anilines is 1. The van der Waals surface area contributed by atoms with Crippen LogP contribution in [0.25, 0.3) is 16.8 Å². The number of thioether (sulfide) groups is 1. The highest BCUT2D eigenvalue weighted by molar-refractivity contribution is 7.99. The van der Waals surface area contributed by atoms with Crippen LogP contribution in [0.2, 0.25) is 0 Å². The summed E-state index contributed by atoms with van der Waals surface area (Å²) in [4.78, 5) is 24.9. The van der Waals surface area contributed by atoms with Gasteiger partial charge in [-0.05, 0) is 55.3 Å². The van der Waals surface area contributed by atoms with E-state index in [1.54, 1.807) is 32.4 Å². The number of carbonyl (C=O) groups excluding carboxylic acids is 1. The number of fused-ring (bicyclic) bond motifs is 1. The number of hydrogen-bond donors (Lipinski definition) is 2. The normalized spacial score (nSPS) is 10.9. The first-order chi connectivity index (χ1) is 15.9. The van der Waals surface area contributed by atoms with Crippen molar-refractivity contribution in [1.82, 2.24) is 19.8 Å². The Morgan fingerprint density at radius 3 is 2.64 bits per heavy atom. The molecule has 0 radical (unpaired) electrons. The molecule has 0 fully saturated rings. The van der Waals surface area contributed by atoms with Crippen LogP contribution in [-0.2, 0) is 4.79 Å². The molecule has 0 unspecified atom stereocenters. The maximum atomic E-state index is 12.5. The fourth-order valence-electron chi connectivity index (χ4n) is 3.31. The molecule has 0 spiro atoms. The second-order valence-corrected chi connectivity index (χ2v) is 8.33. The van der Waals surface area contributed by atoms with Crippen molar-refractivity contribution in [2.24, 2.45) is 0 Å². The number of nitrogens with one attached hydrogen (secondary N) is 2. The predicted octanol–water partition coefficient (Wildman–Crippen LogP) is 3.45. The fourth-order valence-corrected chi connectivity index (χ4v) is 4.01. The van der Waals surface area contributed by atoms with Gasteiger partial charge in [-0.25, -0.2) is 9.61 Å². The van der Waals surface area contributed by atoms with Gasteiger partial charge in [0.25, 0.3) is 5.56 Å². The van der Waals surface area contributed by atoms with Gasteiger partial charge in [-0.2, -0.15) is 5.10 Å². The van der Waals surface area contributed by atoms with E-state index in [9.17, 15) is 9.59 Å². The minimum absolute atomic E-state index is 0.104. The zero-order valence-corrected chi connectivity index (χ0v) is 19.4. The number of H-pyrrole nitrogens is 1. The molecule has 0 aliphatic carbocycles. The van der Waals surface area contributed by atoms with E-state index in [0.717, 1.165) is 22.4 Å². The Morgan fingerprint density at radius 1 is 1.09 bits per heavy atom. The van der Waals surface area contributed by atoms with Crippen LogP contribution in [-0.4, -0.2) is 45.7 Å². The molecule has 0 aliphatic rings. The maximum Gasteiger partial charge on any atom is 0.290 e. The van der Waals surface area contributed by atoms with Gasteiger partial charge in [0, 0.05) is 11.3 Å². The zero-order valence-electron chi connectivity index (χ0n) is 18.6. The van der Waals surface area contributed by atoms with Crippen LogP contribution in [0.3, 0.4) is 0 Å². The number of rotatable bonds is 7. The summed E-state index contributed by atoms with van der Waals surface area (Å²) >= 11 is 1.18. The van der Waals surface area contributed by atoms with E-state index in [2.05, 4.69) is 20.6 Å². The molecule has 4 rings (SSSR count). The molecule has 10 heteroatoms. The lowest BCUT2D eigenvalue weighted by Crippen LogP contribution is -2.17. The molecule has 0 atom stereocenters. The van der Waals surface area contributed by atoms with Crippen molar-refractivity contribution < 1.29 is 14.3 Å². The molecule has 1 amide bonds. The number of ether oxygens (including phenoxy) is 2. The van der Waals surface area contributed by atoms with E-state index in [4.69, 9.17) is 9.47 Å². The number of benzene rings is 2. The molecule has 170 valence electrons. The summed E-state index contributed by atoms with van der Waals surface area (Å²) in [6, 6.07) is 12.9. The molecule has 2 heterocycles. The first-order valence-electron chi connectivity index (χ1n) is 10.1. The number of hydrogen-bond acceptors (Lipinski definition) is 7. The third kappa shape index (κ3) is 4.70. The van der Waals surface area contributed by atoms with Crippen LogP contribution in [0.15, 0.2) is 52.4 Å². The minimum atomic E-state index is -0.376. The van der Waals surface area contributed by atoms with Crippen LogP contribution in [0.1, 0.15) is 11.1 Å². The van der Waals surface area contributed by atoms with Crippen molar-refractivity contribution in [3.63, 3.8) is 0 Å². The molecule has 0 saturated heterocycles. The number of carbonyl (C=O) groups is 1. The summed E-state index contributed by atoms with van der Waals surface area (Å²) in [5.41, 5.74) is 4.08. The van der Waals surface area contributed by atoms with E-state index >= 15 is 0 Å². The van der Waals surface area contributed by atoms with Crippen molar-refractivity contribution >= 4 is 28.9 Å². The molecular weight excluding hydrogens is 442 g/mol. The lowest BCUT2D eigenvalue weighted by Gasteiger charge is -2.09. The average molecular weight is 466 g/mol. The van der Waals surface area contributed by atoms with Crippen LogP contribution >= 0.6 is 11.8 Å². The van der Waals surface area contributed by atoms with E-state index in [1.807, 2.05) is 38.1 Å². The number of methoxy groups -OCH3 is 2. The number of nitrogens with zero attached hydrogens (tertiary/aromatic N) is 3. The number of aryl methyl sites for hydroxylation is 2. The molecule has 2 aromatic carbocycles. The lowest BCUT2D eigenvalue weighted by atomic mass is 10.1. The highest BCUT2D eigenvalue weighted by Gasteiger charge is 2.15. The molecule has 0 bridgehead atoms. The SMILES string of the molecule is COc1ccc(-c2cc3c(=O)[nH]nc(SCC(=O)Nc4cc(C)ccc4C)n3n2)cc1OC. The van der Waals surface area contributed by atoms with Gasteiger partial charge in [0.05, 0.1) is 25.7 Å². The summed E-state index contributed by atoms with van der Waals surface area (Å²) in [6.45, 7) is 3.91. The van der Waals surface area contributed by atoms with Crippen molar-refractivity contribution in [3.05, 3.63) is 63.9 Å². The number of aromatic amines is 1. The molecule has 2 N–H and O–H groups in total. The number of aromatic nitrogens is 4. The van der Waals surface area contributed by atoms with Gasteiger partial charge >= 0.3 is 0 Å². The second kappa shape index (κ2) is 9.37. The molecule has 9 nitrogen and oxygen atoms in total. The van der Waals surface area contributed by atoms with Gasteiger partial charge in [-0.15, -0.1) is 5.10 Å². The first kappa shape index (κ1) is 22.4. The van der Waals surface area contributed by atoms with Crippen molar-refractivity contribution in [1.29, 1.82) is 0 Å². The summed E-state index contributed by atoms with van der Waals surface area (Å²) in [6.07, 6.45) is 0. The van der Waals surface area contributed by atoms with Gasteiger partial charge in [0.15, 0.2) is 11.5 Å². The molecule has 2 aromatic heterocycles. The van der Waals surface area contributed by atoms with Crippen LogP contribution in [0.4, 0.5) is 5.69 Å². The summed E-state index contributed by atoms with van der Waals surface area (Å²) < 4.78 is 12.1. The Hall–Kier alpha value is -3.79. The van der Waals surface area contributed by atoms with E-state index < -0.39 is 0 Å². The third-order valence-corrected chi connectivity index (χ3v) is 5.98. The van der Waals surface area contributed by atoms with Gasteiger partial charge < -0.3 is 14.8 Å². The molecule has 4 aromatic rings. The van der Waals surface area contributed by atoms with Gasteiger partial charge in [-0.3, -0.25) is 9.59 Å². The maximum absolute atomic E-state index is 12.5. The number of amides is 1. The molecular formula is C23H23N5O4S. The zero-order chi connectivity index (χ0) is 23.5. The second-order valence-electron chi connectivity index (χ2n) is 7.39. The fraction of sp³-hybridized carbons (Fsp3) is 0.217. The van der Waals surface area contributed by atoms with Gasteiger partial charge in [-0.1, -0.05) is 23.9 Å². The Labute approximate surface area is 194 Å². The largest absolute Gasteiger partial charge is 0.493 e. The summed E-state index contributed by atoms with van der Waals surface area (Å²) in [5, 5.41) is 14.4. The molecule has 33 heavy (non-hydrogen) atoms. The van der Waals surface area contributed by atoms with E-state index in [0.29, 0.717) is 27.9 Å². The summed E-state index contributed by atoms with van der Waals surface area (Å²) in [7, 11) is 3.12. The van der Waals surface area contributed by atoms with E-state index in [1.165, 1.54) is 16.3 Å². The van der Waals surface area contributed by atoms with Crippen molar-refractivity contribution in [2.45, 2.75) is 19.0 Å². The summed E-state index contributed by atoms with van der Waals surface area (Å²) in [5.74, 6) is 1.07. The third-order valence-electron chi connectivity index (χ3n) is 5.06. The van der Waals surface area contributed by atoms with Gasteiger partial charge in [0.1, 0.15) is 5.52 Å². The Kier molecular flexibility index (Phi) is 6.36. The predicted molar refractivity (Wildman–Crippen MR) is 127 cm³/mol. The monoisotopic (exact) mass is 465 g/mol. The topological polar surface area (TPSA) is 111 Å². The highest BCUT2D eigenvalue weighted by Crippen LogP contribution is 2.32. The van der Waals surface area contributed by atoms with E-state index in [-0.39, 0.29) is 17.2 Å². The Bertz CT molecular complexity index is 1400. The molecule has 0 aliphatic heterocycles. The van der Waals surface area contributed by atoms with Crippen molar-refractivity contribution in [3.8, 4) is 22.8 Å². The smallest absolute Gasteiger partial charge is 0.290 e. The first-order valence-corrected chi connectivity index (χ1v) is 11.1. The van der Waals surface area contributed by atoms with Crippen molar-refractivity contribution in [2.75, 3.05) is 25.3 Å².